The Morgan fingerprint density at radius 1 is 1.42 bits per heavy atom. The van der Waals surface area contributed by atoms with Gasteiger partial charge in [-0.2, -0.15) is 0 Å². The number of rotatable bonds is 8. The third kappa shape index (κ3) is 5.79. The number of aliphatic hydroxyl groups is 1. The number of benzene rings is 1. The van der Waals surface area contributed by atoms with E-state index in [0.29, 0.717) is 27.1 Å². The Balaban J connectivity index is 2.72. The second-order valence-electron chi connectivity index (χ2n) is 4.25. The highest BCUT2D eigenvalue weighted by molar-refractivity contribution is 7.85. The third-order valence-electron chi connectivity index (χ3n) is 2.65. The van der Waals surface area contributed by atoms with Crippen LogP contribution in [0.5, 0.6) is 0 Å². The molecule has 19 heavy (non-hydrogen) atoms. The van der Waals surface area contributed by atoms with Gasteiger partial charge in [0, 0.05) is 23.4 Å². The van der Waals surface area contributed by atoms with Crippen molar-refractivity contribution >= 4 is 34.0 Å². The van der Waals surface area contributed by atoms with Crippen LogP contribution in [-0.4, -0.2) is 34.3 Å². The summed E-state index contributed by atoms with van der Waals surface area (Å²) in [5.41, 5.74) is 0. The summed E-state index contributed by atoms with van der Waals surface area (Å²) >= 11 is 11.9. The first-order chi connectivity index (χ1) is 9.08. The van der Waals surface area contributed by atoms with Gasteiger partial charge in [0.2, 0.25) is 0 Å². The molecule has 1 rings (SSSR count). The summed E-state index contributed by atoms with van der Waals surface area (Å²) in [6.45, 7) is 2.97. The summed E-state index contributed by atoms with van der Waals surface area (Å²) in [7, 11) is -1.23. The Kier molecular flexibility index (Phi) is 7.95. The number of hydrogen-bond acceptors (Lipinski definition) is 3. The Bertz CT molecular complexity index is 429. The molecule has 0 aliphatic carbocycles. The van der Waals surface area contributed by atoms with E-state index < -0.39 is 10.8 Å². The maximum atomic E-state index is 12.3. The van der Waals surface area contributed by atoms with Gasteiger partial charge in [0.25, 0.3) is 0 Å². The van der Waals surface area contributed by atoms with E-state index in [1.54, 1.807) is 18.2 Å². The van der Waals surface area contributed by atoms with Crippen LogP contribution >= 0.6 is 23.2 Å². The molecule has 1 aromatic carbocycles. The Hall–Kier alpha value is -0.130. The largest absolute Gasteiger partial charge is 0.396 e. The van der Waals surface area contributed by atoms with Crippen LogP contribution in [-0.2, 0) is 10.8 Å². The van der Waals surface area contributed by atoms with Crippen molar-refractivity contribution in [3.05, 3.63) is 28.2 Å². The van der Waals surface area contributed by atoms with E-state index >= 15 is 0 Å². The third-order valence-corrected chi connectivity index (χ3v) is 4.86. The van der Waals surface area contributed by atoms with Crippen LogP contribution in [0.3, 0.4) is 0 Å². The molecule has 6 heteroatoms. The summed E-state index contributed by atoms with van der Waals surface area (Å²) in [4.78, 5) is 0.551. The second-order valence-corrected chi connectivity index (χ2v) is 6.56. The molecule has 3 nitrogen and oxygen atoms in total. The number of nitrogens with one attached hydrogen (secondary N) is 1. The van der Waals surface area contributed by atoms with Crippen molar-refractivity contribution in [3.63, 3.8) is 0 Å². The van der Waals surface area contributed by atoms with Crippen molar-refractivity contribution in [3.8, 4) is 0 Å². The zero-order valence-corrected chi connectivity index (χ0v) is 13.2. The standard InChI is InChI=1S/C13H19Cl2NO2S/c1-2-6-16-11(5-7-17)9-19(18)13-8-10(14)3-4-12(13)15/h3-4,8,11,16-17H,2,5-7,9H2,1H3. The Morgan fingerprint density at radius 3 is 2.79 bits per heavy atom. The van der Waals surface area contributed by atoms with Gasteiger partial charge < -0.3 is 10.4 Å². The predicted molar refractivity (Wildman–Crippen MR) is 81.5 cm³/mol. The quantitative estimate of drug-likeness (QED) is 0.773. The molecule has 0 aliphatic rings. The molecule has 0 bridgehead atoms. The molecular weight excluding hydrogens is 305 g/mol. The Morgan fingerprint density at radius 2 is 2.16 bits per heavy atom. The highest BCUT2D eigenvalue weighted by Crippen LogP contribution is 2.24. The molecule has 0 saturated carbocycles. The van der Waals surface area contributed by atoms with E-state index in [4.69, 9.17) is 28.3 Å². The smallest absolute Gasteiger partial charge is 0.0589 e. The minimum Gasteiger partial charge on any atom is -0.396 e. The second kappa shape index (κ2) is 8.93. The van der Waals surface area contributed by atoms with Crippen molar-refractivity contribution in [1.29, 1.82) is 0 Å². The molecule has 0 radical (unpaired) electrons. The lowest BCUT2D eigenvalue weighted by molar-refractivity contribution is 0.270. The van der Waals surface area contributed by atoms with Crippen molar-refractivity contribution in [2.75, 3.05) is 18.9 Å². The highest BCUT2D eigenvalue weighted by atomic mass is 35.5. The van der Waals surface area contributed by atoms with Gasteiger partial charge in [0.05, 0.1) is 20.7 Å². The number of hydrogen-bond donors (Lipinski definition) is 2. The molecule has 0 amide bonds. The van der Waals surface area contributed by atoms with Crippen LogP contribution in [0.15, 0.2) is 23.1 Å². The van der Waals surface area contributed by atoms with Crippen LogP contribution in [0.4, 0.5) is 0 Å². The molecule has 0 saturated heterocycles. The molecule has 0 aliphatic heterocycles. The van der Waals surface area contributed by atoms with E-state index in [0.717, 1.165) is 13.0 Å². The average Bonchev–Trinajstić information content (AvgIpc) is 2.39. The minimum absolute atomic E-state index is 0.0147. The van der Waals surface area contributed by atoms with E-state index in [1.165, 1.54) is 0 Å². The molecule has 1 aromatic rings. The molecule has 2 N–H and O–H groups in total. The van der Waals surface area contributed by atoms with Gasteiger partial charge in [-0.25, -0.2) is 0 Å². The number of aliphatic hydroxyl groups excluding tert-OH is 1. The summed E-state index contributed by atoms with van der Waals surface area (Å²) in [6.07, 6.45) is 1.57. The fourth-order valence-corrected chi connectivity index (χ4v) is 3.66. The topological polar surface area (TPSA) is 49.3 Å². The van der Waals surface area contributed by atoms with Gasteiger partial charge in [-0.3, -0.25) is 4.21 Å². The molecule has 0 spiro atoms. The SMILES string of the molecule is CCCNC(CCO)CS(=O)c1cc(Cl)ccc1Cl. The predicted octanol–water partition coefficient (Wildman–Crippen LogP) is 2.85. The van der Waals surface area contributed by atoms with Crippen LogP contribution in [0.2, 0.25) is 10.0 Å². The summed E-state index contributed by atoms with van der Waals surface area (Å²) in [5, 5.41) is 13.3. The number of halogens is 2. The van der Waals surface area contributed by atoms with Gasteiger partial charge in [0.15, 0.2) is 0 Å². The molecule has 0 heterocycles. The fourth-order valence-electron chi connectivity index (χ4n) is 1.67. The van der Waals surface area contributed by atoms with Crippen molar-refractivity contribution in [2.24, 2.45) is 0 Å². The molecule has 2 atom stereocenters. The minimum atomic E-state index is -1.23. The zero-order chi connectivity index (χ0) is 14.3. The zero-order valence-electron chi connectivity index (χ0n) is 10.9. The normalized spacial score (nSPS) is 14.3. The lowest BCUT2D eigenvalue weighted by atomic mass is 10.2. The van der Waals surface area contributed by atoms with Gasteiger partial charge in [-0.1, -0.05) is 30.1 Å². The molecule has 108 valence electrons. The van der Waals surface area contributed by atoms with E-state index in [-0.39, 0.29) is 12.6 Å². The highest BCUT2D eigenvalue weighted by Gasteiger charge is 2.15. The van der Waals surface area contributed by atoms with E-state index in [2.05, 4.69) is 12.2 Å². The van der Waals surface area contributed by atoms with Crippen LogP contribution in [0.1, 0.15) is 19.8 Å². The van der Waals surface area contributed by atoms with E-state index in [1.807, 2.05) is 0 Å². The molecule has 2 unspecified atom stereocenters. The molecular formula is C13H19Cl2NO2S. The van der Waals surface area contributed by atoms with Crippen molar-refractivity contribution in [2.45, 2.75) is 30.7 Å². The average molecular weight is 324 g/mol. The van der Waals surface area contributed by atoms with Crippen LogP contribution < -0.4 is 5.32 Å². The first kappa shape index (κ1) is 16.9. The van der Waals surface area contributed by atoms with E-state index in [9.17, 15) is 4.21 Å². The van der Waals surface area contributed by atoms with Crippen molar-refractivity contribution in [1.82, 2.24) is 5.32 Å². The monoisotopic (exact) mass is 323 g/mol. The van der Waals surface area contributed by atoms with Gasteiger partial charge >= 0.3 is 0 Å². The fraction of sp³-hybridized carbons (Fsp3) is 0.538. The summed E-state index contributed by atoms with van der Waals surface area (Å²) in [6, 6.07) is 4.97. The maximum Gasteiger partial charge on any atom is 0.0589 e. The van der Waals surface area contributed by atoms with Crippen LogP contribution in [0, 0.1) is 0 Å². The molecule has 0 fully saturated rings. The summed E-state index contributed by atoms with van der Waals surface area (Å²) in [5.74, 6) is 0.417. The Labute approximate surface area is 126 Å². The van der Waals surface area contributed by atoms with Gasteiger partial charge in [-0.15, -0.1) is 0 Å². The lowest BCUT2D eigenvalue weighted by Gasteiger charge is -2.17. The maximum absolute atomic E-state index is 12.3. The first-order valence-corrected chi connectivity index (χ1v) is 8.33. The van der Waals surface area contributed by atoms with Crippen LogP contribution in [0.25, 0.3) is 0 Å². The van der Waals surface area contributed by atoms with Crippen molar-refractivity contribution < 1.29 is 9.32 Å². The van der Waals surface area contributed by atoms with Gasteiger partial charge in [-0.05, 0) is 37.6 Å². The van der Waals surface area contributed by atoms with Gasteiger partial charge in [0.1, 0.15) is 0 Å². The summed E-state index contributed by atoms with van der Waals surface area (Å²) < 4.78 is 12.3. The molecule has 0 aromatic heterocycles. The first-order valence-electron chi connectivity index (χ1n) is 6.26. The lowest BCUT2D eigenvalue weighted by Crippen LogP contribution is -2.35.